The van der Waals surface area contributed by atoms with Crippen molar-refractivity contribution in [3.05, 3.63) is 0 Å². The number of halogens is 1. The number of alkyl halides is 1. The number of rotatable bonds is 0. The van der Waals surface area contributed by atoms with E-state index in [9.17, 15) is 5.11 Å². The van der Waals surface area contributed by atoms with Gasteiger partial charge in [-0.15, -0.1) is 0 Å². The Kier molecular flexibility index (Phi) is 2.91. The lowest BCUT2D eigenvalue weighted by molar-refractivity contribution is -0.203. The molecule has 1 fully saturated rings. The van der Waals surface area contributed by atoms with Gasteiger partial charge in [0, 0.05) is 0 Å². The predicted octanol–water partition coefficient (Wildman–Crippen LogP) is 0.894. The first kappa shape index (κ1) is 9.45. The molecule has 1 saturated heterocycles. The molecule has 0 aromatic rings. The van der Waals surface area contributed by atoms with Crippen LogP contribution in [0.15, 0.2) is 0 Å². The van der Waals surface area contributed by atoms with Gasteiger partial charge in [-0.1, -0.05) is 15.9 Å². The molecule has 0 radical (unpaired) electrons. The summed E-state index contributed by atoms with van der Waals surface area (Å²) in [7, 11) is 0. The number of hydrogen-bond donors (Lipinski definition) is 1. The maximum absolute atomic E-state index is 9.34. The van der Waals surface area contributed by atoms with E-state index in [0.29, 0.717) is 13.2 Å². The SMILES string of the molecule is CC1(C)OC[C@@H](O)[C@H](Br)CO1. The van der Waals surface area contributed by atoms with Gasteiger partial charge in [-0.3, -0.25) is 0 Å². The van der Waals surface area contributed by atoms with E-state index in [2.05, 4.69) is 15.9 Å². The summed E-state index contributed by atoms with van der Waals surface area (Å²) in [4.78, 5) is -0.0238. The topological polar surface area (TPSA) is 38.7 Å². The smallest absolute Gasteiger partial charge is 0.162 e. The van der Waals surface area contributed by atoms with Crippen LogP contribution in [0.5, 0.6) is 0 Å². The summed E-state index contributed by atoms with van der Waals surface area (Å²) in [5.41, 5.74) is 0. The van der Waals surface area contributed by atoms with Crippen LogP contribution in [-0.4, -0.2) is 35.0 Å². The first-order valence-corrected chi connectivity index (χ1v) is 4.53. The lowest BCUT2D eigenvalue weighted by Gasteiger charge is -2.22. The van der Waals surface area contributed by atoms with Crippen LogP contribution in [0.4, 0.5) is 0 Å². The molecule has 0 amide bonds. The number of aliphatic hydroxyl groups is 1. The van der Waals surface area contributed by atoms with Gasteiger partial charge >= 0.3 is 0 Å². The van der Waals surface area contributed by atoms with E-state index in [-0.39, 0.29) is 4.83 Å². The maximum atomic E-state index is 9.34. The van der Waals surface area contributed by atoms with E-state index in [1.165, 1.54) is 0 Å². The summed E-state index contributed by atoms with van der Waals surface area (Å²) >= 11 is 3.30. The van der Waals surface area contributed by atoms with Crippen LogP contribution in [0, 0.1) is 0 Å². The summed E-state index contributed by atoms with van der Waals surface area (Å²) in [6.45, 7) is 4.48. The lowest BCUT2D eigenvalue weighted by Crippen LogP contribution is -2.27. The van der Waals surface area contributed by atoms with Crippen LogP contribution in [0.2, 0.25) is 0 Å². The minimum absolute atomic E-state index is 0.0238. The number of ether oxygens (including phenoxy) is 2. The van der Waals surface area contributed by atoms with Crippen molar-refractivity contribution in [2.75, 3.05) is 13.2 Å². The second-order valence-corrected chi connectivity index (χ2v) is 4.28. The van der Waals surface area contributed by atoms with Gasteiger partial charge < -0.3 is 14.6 Å². The van der Waals surface area contributed by atoms with E-state index in [4.69, 9.17) is 9.47 Å². The van der Waals surface area contributed by atoms with Gasteiger partial charge in [-0.2, -0.15) is 0 Å². The van der Waals surface area contributed by atoms with E-state index in [1.807, 2.05) is 13.8 Å². The monoisotopic (exact) mass is 224 g/mol. The summed E-state index contributed by atoms with van der Waals surface area (Å²) < 4.78 is 10.6. The Balaban J connectivity index is 2.51. The summed E-state index contributed by atoms with van der Waals surface area (Å²) in [6, 6.07) is 0. The minimum Gasteiger partial charge on any atom is -0.389 e. The fourth-order valence-electron chi connectivity index (χ4n) is 0.824. The molecule has 1 aliphatic rings. The summed E-state index contributed by atoms with van der Waals surface area (Å²) in [6.07, 6.45) is -0.475. The van der Waals surface area contributed by atoms with Gasteiger partial charge in [-0.25, -0.2) is 0 Å². The van der Waals surface area contributed by atoms with Crippen LogP contribution >= 0.6 is 15.9 Å². The number of aliphatic hydroxyl groups excluding tert-OH is 1. The van der Waals surface area contributed by atoms with E-state index >= 15 is 0 Å². The quantitative estimate of drug-likeness (QED) is 0.622. The Bertz CT molecular complexity index is 124. The molecule has 0 aromatic heterocycles. The molecule has 1 aliphatic heterocycles. The maximum Gasteiger partial charge on any atom is 0.162 e. The second kappa shape index (κ2) is 3.39. The van der Waals surface area contributed by atoms with Crippen LogP contribution in [0.3, 0.4) is 0 Å². The zero-order chi connectivity index (χ0) is 8.48. The van der Waals surface area contributed by atoms with Gasteiger partial charge in [0.05, 0.1) is 24.1 Å². The zero-order valence-electron chi connectivity index (χ0n) is 6.71. The van der Waals surface area contributed by atoms with Gasteiger partial charge in [0.15, 0.2) is 5.79 Å². The second-order valence-electron chi connectivity index (χ2n) is 3.11. The fourth-order valence-corrected chi connectivity index (χ4v) is 1.11. The molecule has 66 valence electrons. The molecule has 0 aromatic carbocycles. The Labute approximate surface area is 74.8 Å². The average molecular weight is 225 g/mol. The molecule has 0 bridgehead atoms. The molecule has 11 heavy (non-hydrogen) atoms. The first-order valence-electron chi connectivity index (χ1n) is 3.61. The molecule has 3 nitrogen and oxygen atoms in total. The number of hydrogen-bond acceptors (Lipinski definition) is 3. The molecule has 4 heteroatoms. The molecule has 1 rings (SSSR count). The minimum atomic E-state index is -0.566. The van der Waals surface area contributed by atoms with E-state index in [1.54, 1.807) is 0 Å². The van der Waals surface area contributed by atoms with Crippen LogP contribution in [0.1, 0.15) is 13.8 Å². The van der Waals surface area contributed by atoms with Crippen molar-refractivity contribution < 1.29 is 14.6 Å². The largest absolute Gasteiger partial charge is 0.389 e. The normalized spacial score (nSPS) is 38.2. The molecule has 0 unspecified atom stereocenters. The molecular formula is C7H13BrO3. The average Bonchev–Trinajstić information content (AvgIpc) is 2.03. The molecule has 0 aliphatic carbocycles. The van der Waals surface area contributed by atoms with Crippen LogP contribution in [0.25, 0.3) is 0 Å². The predicted molar refractivity (Wildman–Crippen MR) is 44.7 cm³/mol. The summed E-state index contributed by atoms with van der Waals surface area (Å²) in [5, 5.41) is 9.34. The molecule has 0 spiro atoms. The molecular weight excluding hydrogens is 212 g/mol. The highest BCUT2D eigenvalue weighted by Crippen LogP contribution is 2.20. The molecule has 1 heterocycles. The highest BCUT2D eigenvalue weighted by atomic mass is 79.9. The van der Waals surface area contributed by atoms with Gasteiger partial charge in [0.1, 0.15) is 0 Å². The Morgan fingerprint density at radius 1 is 1.36 bits per heavy atom. The Morgan fingerprint density at radius 3 is 2.55 bits per heavy atom. The van der Waals surface area contributed by atoms with Crippen molar-refractivity contribution in [2.24, 2.45) is 0 Å². The summed E-state index contributed by atoms with van der Waals surface area (Å²) in [5.74, 6) is -0.566. The van der Waals surface area contributed by atoms with E-state index < -0.39 is 11.9 Å². The van der Waals surface area contributed by atoms with Crippen molar-refractivity contribution in [3.8, 4) is 0 Å². The first-order chi connectivity index (χ1) is 5.01. The van der Waals surface area contributed by atoms with Gasteiger partial charge in [0.25, 0.3) is 0 Å². The van der Waals surface area contributed by atoms with Crippen molar-refractivity contribution in [1.82, 2.24) is 0 Å². The van der Waals surface area contributed by atoms with Gasteiger partial charge in [-0.05, 0) is 13.8 Å². The van der Waals surface area contributed by atoms with Gasteiger partial charge in [0.2, 0.25) is 0 Å². The molecule has 1 N–H and O–H groups in total. The molecule has 2 atom stereocenters. The third-order valence-electron chi connectivity index (χ3n) is 1.61. The van der Waals surface area contributed by atoms with E-state index in [0.717, 1.165) is 0 Å². The van der Waals surface area contributed by atoms with Crippen molar-refractivity contribution in [3.63, 3.8) is 0 Å². The molecule has 0 saturated carbocycles. The standard InChI is InChI=1S/C7H13BrO3/c1-7(2)10-3-5(8)6(9)4-11-7/h5-6,9H,3-4H2,1-2H3/t5-,6-/m1/s1. The third kappa shape index (κ3) is 2.71. The highest BCUT2D eigenvalue weighted by Gasteiger charge is 2.29. The van der Waals surface area contributed by atoms with Crippen LogP contribution < -0.4 is 0 Å². The lowest BCUT2D eigenvalue weighted by atomic mass is 10.3. The van der Waals surface area contributed by atoms with Crippen molar-refractivity contribution in [1.29, 1.82) is 0 Å². The van der Waals surface area contributed by atoms with Crippen molar-refractivity contribution >= 4 is 15.9 Å². The van der Waals surface area contributed by atoms with Crippen molar-refractivity contribution in [2.45, 2.75) is 30.6 Å². The van der Waals surface area contributed by atoms with Crippen LogP contribution in [-0.2, 0) is 9.47 Å². The zero-order valence-corrected chi connectivity index (χ0v) is 8.30. The Hall–Kier alpha value is 0.360. The fraction of sp³-hybridized carbons (Fsp3) is 1.00. The highest BCUT2D eigenvalue weighted by molar-refractivity contribution is 9.09. The Morgan fingerprint density at radius 2 is 1.91 bits per heavy atom. The third-order valence-corrected chi connectivity index (χ3v) is 2.48.